The van der Waals surface area contributed by atoms with E-state index < -0.39 is 6.10 Å². The minimum Gasteiger partial charge on any atom is -0.496 e. The van der Waals surface area contributed by atoms with E-state index in [-0.39, 0.29) is 5.92 Å². The molecule has 100 valence electrons. The van der Waals surface area contributed by atoms with Gasteiger partial charge in [-0.1, -0.05) is 11.6 Å². The average Bonchev–Trinajstić information content (AvgIpc) is 2.40. The van der Waals surface area contributed by atoms with Gasteiger partial charge in [0.15, 0.2) is 0 Å². The van der Waals surface area contributed by atoms with E-state index in [4.69, 9.17) is 21.1 Å². The lowest BCUT2D eigenvalue weighted by molar-refractivity contribution is -0.00863. The monoisotopic (exact) mass is 270 g/mol. The van der Waals surface area contributed by atoms with Crippen LogP contribution in [0.3, 0.4) is 0 Å². The minimum absolute atomic E-state index is 0.211. The van der Waals surface area contributed by atoms with Gasteiger partial charge in [-0.25, -0.2) is 0 Å². The van der Waals surface area contributed by atoms with Crippen molar-refractivity contribution in [3.8, 4) is 5.75 Å². The van der Waals surface area contributed by atoms with Gasteiger partial charge in [-0.3, -0.25) is 0 Å². The number of hydrogen-bond donors (Lipinski definition) is 1. The fraction of sp³-hybridized carbons (Fsp3) is 0.571. The maximum atomic E-state index is 10.3. The first kappa shape index (κ1) is 13.7. The number of benzene rings is 1. The van der Waals surface area contributed by atoms with Crippen LogP contribution in [-0.4, -0.2) is 31.5 Å². The van der Waals surface area contributed by atoms with Gasteiger partial charge in [-0.2, -0.15) is 0 Å². The van der Waals surface area contributed by atoms with Gasteiger partial charge in [-0.05, 0) is 36.6 Å². The number of aliphatic hydroxyl groups is 1. The summed E-state index contributed by atoms with van der Waals surface area (Å²) in [5.41, 5.74) is 0.947. The van der Waals surface area contributed by atoms with E-state index in [1.165, 1.54) is 0 Å². The molecule has 2 atom stereocenters. The predicted octanol–water partition coefficient (Wildman–Crippen LogP) is 2.68. The lowest BCUT2D eigenvalue weighted by Crippen LogP contribution is -2.30. The maximum Gasteiger partial charge on any atom is 0.122 e. The summed E-state index contributed by atoms with van der Waals surface area (Å²) in [4.78, 5) is 0. The van der Waals surface area contributed by atoms with E-state index in [0.717, 1.165) is 30.8 Å². The van der Waals surface area contributed by atoms with Crippen molar-refractivity contribution in [2.24, 2.45) is 5.92 Å². The summed E-state index contributed by atoms with van der Waals surface area (Å²) < 4.78 is 10.7. The molecule has 2 rings (SSSR count). The zero-order chi connectivity index (χ0) is 13.0. The summed E-state index contributed by atoms with van der Waals surface area (Å²) in [5.74, 6) is 0.984. The van der Waals surface area contributed by atoms with Crippen LogP contribution >= 0.6 is 11.6 Å². The molecule has 2 unspecified atom stereocenters. The van der Waals surface area contributed by atoms with Crippen LogP contribution in [0.5, 0.6) is 5.75 Å². The Morgan fingerprint density at radius 1 is 1.56 bits per heavy atom. The highest BCUT2D eigenvalue weighted by Crippen LogP contribution is 2.27. The molecular weight excluding hydrogens is 252 g/mol. The molecule has 1 fully saturated rings. The molecule has 0 aromatic heterocycles. The van der Waals surface area contributed by atoms with E-state index in [9.17, 15) is 5.11 Å². The molecule has 0 amide bonds. The Morgan fingerprint density at radius 3 is 3.06 bits per heavy atom. The molecule has 4 heteroatoms. The van der Waals surface area contributed by atoms with Crippen LogP contribution in [0.25, 0.3) is 0 Å². The van der Waals surface area contributed by atoms with Crippen molar-refractivity contribution in [3.05, 3.63) is 28.8 Å². The molecule has 0 aliphatic carbocycles. The Morgan fingerprint density at radius 2 is 2.39 bits per heavy atom. The molecule has 1 aromatic carbocycles. The topological polar surface area (TPSA) is 38.7 Å². The number of hydrogen-bond acceptors (Lipinski definition) is 3. The third-order valence-electron chi connectivity index (χ3n) is 3.41. The van der Waals surface area contributed by atoms with E-state index in [2.05, 4.69) is 0 Å². The van der Waals surface area contributed by atoms with Crippen LogP contribution < -0.4 is 4.74 Å². The summed E-state index contributed by atoms with van der Waals surface area (Å²) in [6.07, 6.45) is 2.19. The SMILES string of the molecule is COc1ccc(Cl)cc1CC(O)C1CCCOC1. The molecule has 0 bridgehead atoms. The Bertz CT molecular complexity index is 389. The van der Waals surface area contributed by atoms with Gasteiger partial charge in [0.25, 0.3) is 0 Å². The van der Waals surface area contributed by atoms with Crippen molar-refractivity contribution in [2.45, 2.75) is 25.4 Å². The van der Waals surface area contributed by atoms with Crippen molar-refractivity contribution in [2.75, 3.05) is 20.3 Å². The highest BCUT2D eigenvalue weighted by molar-refractivity contribution is 6.30. The number of halogens is 1. The van der Waals surface area contributed by atoms with Gasteiger partial charge in [0.2, 0.25) is 0 Å². The molecule has 3 nitrogen and oxygen atoms in total. The molecule has 1 aromatic rings. The smallest absolute Gasteiger partial charge is 0.122 e. The standard InChI is InChI=1S/C14H19ClO3/c1-17-14-5-4-12(15)7-11(14)8-13(16)10-3-2-6-18-9-10/h4-5,7,10,13,16H,2-3,6,8-9H2,1H3. The Hall–Kier alpha value is -0.770. The van der Waals surface area contributed by atoms with Crippen LogP contribution in [0.4, 0.5) is 0 Å². The Balaban J connectivity index is 2.05. The second-order valence-electron chi connectivity index (χ2n) is 4.70. The molecule has 0 spiro atoms. The first-order valence-corrected chi connectivity index (χ1v) is 6.66. The number of ether oxygens (including phenoxy) is 2. The van der Waals surface area contributed by atoms with E-state index >= 15 is 0 Å². The van der Waals surface area contributed by atoms with Crippen LogP contribution in [0, 0.1) is 5.92 Å². The van der Waals surface area contributed by atoms with Gasteiger partial charge in [0.1, 0.15) is 5.75 Å². The van der Waals surface area contributed by atoms with Gasteiger partial charge in [0, 0.05) is 24.0 Å². The molecule has 1 N–H and O–H groups in total. The van der Waals surface area contributed by atoms with Crippen LogP contribution in [-0.2, 0) is 11.2 Å². The fourth-order valence-electron chi connectivity index (χ4n) is 2.37. The quantitative estimate of drug-likeness (QED) is 0.914. The molecule has 1 aliphatic rings. The Labute approximate surface area is 113 Å². The van der Waals surface area contributed by atoms with E-state index in [0.29, 0.717) is 18.1 Å². The third kappa shape index (κ3) is 3.37. The van der Waals surface area contributed by atoms with Gasteiger partial charge in [0.05, 0.1) is 19.8 Å². The molecule has 1 saturated heterocycles. The predicted molar refractivity (Wildman–Crippen MR) is 71.3 cm³/mol. The zero-order valence-electron chi connectivity index (χ0n) is 10.6. The van der Waals surface area contributed by atoms with Crippen LogP contribution in [0.1, 0.15) is 18.4 Å². The second kappa shape index (κ2) is 6.41. The normalized spacial score (nSPS) is 21.6. The molecule has 0 radical (unpaired) electrons. The average molecular weight is 271 g/mol. The van der Waals surface area contributed by atoms with Crippen molar-refractivity contribution in [3.63, 3.8) is 0 Å². The second-order valence-corrected chi connectivity index (χ2v) is 5.14. The summed E-state index contributed by atoms with van der Waals surface area (Å²) in [6.45, 7) is 1.45. The van der Waals surface area contributed by atoms with Gasteiger partial charge < -0.3 is 14.6 Å². The fourth-order valence-corrected chi connectivity index (χ4v) is 2.56. The van der Waals surface area contributed by atoms with Gasteiger partial charge in [-0.15, -0.1) is 0 Å². The highest BCUT2D eigenvalue weighted by atomic mass is 35.5. The van der Waals surface area contributed by atoms with Crippen molar-refractivity contribution in [1.29, 1.82) is 0 Å². The van der Waals surface area contributed by atoms with Gasteiger partial charge >= 0.3 is 0 Å². The van der Waals surface area contributed by atoms with E-state index in [1.807, 2.05) is 12.1 Å². The molecule has 18 heavy (non-hydrogen) atoms. The summed E-state index contributed by atoms with van der Waals surface area (Å²) >= 11 is 5.98. The number of aliphatic hydroxyl groups excluding tert-OH is 1. The van der Waals surface area contributed by atoms with Crippen LogP contribution in [0.15, 0.2) is 18.2 Å². The molecule has 1 heterocycles. The lowest BCUT2D eigenvalue weighted by Gasteiger charge is -2.27. The third-order valence-corrected chi connectivity index (χ3v) is 3.65. The molecular formula is C14H19ClO3. The number of methoxy groups -OCH3 is 1. The van der Waals surface area contributed by atoms with E-state index in [1.54, 1.807) is 13.2 Å². The minimum atomic E-state index is -0.405. The zero-order valence-corrected chi connectivity index (χ0v) is 11.3. The molecule has 0 saturated carbocycles. The first-order chi connectivity index (χ1) is 8.70. The highest BCUT2D eigenvalue weighted by Gasteiger charge is 2.23. The Kier molecular flexibility index (Phi) is 4.87. The largest absolute Gasteiger partial charge is 0.496 e. The van der Waals surface area contributed by atoms with Crippen molar-refractivity contribution >= 4 is 11.6 Å². The van der Waals surface area contributed by atoms with Crippen molar-refractivity contribution < 1.29 is 14.6 Å². The summed E-state index contributed by atoms with van der Waals surface area (Å²) in [5, 5.41) is 10.9. The summed E-state index contributed by atoms with van der Waals surface area (Å²) in [7, 11) is 1.63. The van der Waals surface area contributed by atoms with Crippen LogP contribution in [0.2, 0.25) is 5.02 Å². The lowest BCUT2D eigenvalue weighted by atomic mass is 9.91. The summed E-state index contributed by atoms with van der Waals surface area (Å²) in [6, 6.07) is 5.48. The maximum absolute atomic E-state index is 10.3. The number of rotatable bonds is 4. The first-order valence-electron chi connectivity index (χ1n) is 6.29. The molecule has 1 aliphatic heterocycles. The van der Waals surface area contributed by atoms with Crippen molar-refractivity contribution in [1.82, 2.24) is 0 Å².